The average Bonchev–Trinajstić information content (AvgIpc) is 2.83. The van der Waals surface area contributed by atoms with Crippen molar-refractivity contribution >= 4 is 23.6 Å². The second kappa shape index (κ2) is 6.56. The average molecular weight is 298 g/mol. The number of aromatic nitrogens is 1. The Kier molecular flexibility index (Phi) is 4.79. The van der Waals surface area contributed by atoms with Crippen molar-refractivity contribution in [3.63, 3.8) is 0 Å². The summed E-state index contributed by atoms with van der Waals surface area (Å²) >= 11 is 5.85. The van der Waals surface area contributed by atoms with Gasteiger partial charge in [0.1, 0.15) is 5.15 Å². The van der Waals surface area contributed by atoms with Gasteiger partial charge in [-0.15, -0.1) is 0 Å². The highest BCUT2D eigenvalue weighted by Crippen LogP contribution is 2.25. The van der Waals surface area contributed by atoms with Gasteiger partial charge in [-0.1, -0.05) is 11.6 Å². The van der Waals surface area contributed by atoms with Crippen molar-refractivity contribution < 1.29 is 14.7 Å². The lowest BCUT2D eigenvalue weighted by atomic mass is 10.1. The van der Waals surface area contributed by atoms with E-state index < -0.39 is 6.09 Å². The van der Waals surface area contributed by atoms with E-state index in [1.807, 2.05) is 0 Å². The quantitative estimate of drug-likeness (QED) is 0.740. The Morgan fingerprint density at radius 1 is 1.45 bits per heavy atom. The van der Waals surface area contributed by atoms with Crippen LogP contribution in [0.3, 0.4) is 0 Å². The number of carboxylic acid groups (broad SMARTS) is 1. The predicted molar refractivity (Wildman–Crippen MR) is 73.9 cm³/mol. The second-order valence-electron chi connectivity index (χ2n) is 4.88. The maximum Gasteiger partial charge on any atom is 0.404 e. The number of amides is 2. The first-order valence-corrected chi connectivity index (χ1v) is 6.82. The minimum atomic E-state index is -0.998. The van der Waals surface area contributed by atoms with Gasteiger partial charge in [-0.25, -0.2) is 9.78 Å². The summed E-state index contributed by atoms with van der Waals surface area (Å²) in [7, 11) is 0. The van der Waals surface area contributed by atoms with E-state index in [2.05, 4.69) is 15.6 Å². The molecule has 0 aromatic carbocycles. The monoisotopic (exact) mass is 297 g/mol. The molecule has 3 N–H and O–H groups in total. The van der Waals surface area contributed by atoms with Crippen LogP contribution in [-0.4, -0.2) is 34.7 Å². The zero-order chi connectivity index (χ0) is 14.5. The second-order valence-corrected chi connectivity index (χ2v) is 5.24. The number of carbonyl (C=O) groups excluding carboxylic acids is 1. The summed E-state index contributed by atoms with van der Waals surface area (Å²) in [6.07, 6.45) is 2.97. The fourth-order valence-corrected chi connectivity index (χ4v) is 2.66. The molecular formula is C13H16ClN3O3. The molecule has 0 radical (unpaired) electrons. The summed E-state index contributed by atoms with van der Waals surface area (Å²) in [6, 6.07) is 3.26. The van der Waals surface area contributed by atoms with Crippen molar-refractivity contribution in [1.29, 1.82) is 0 Å². The molecule has 0 bridgehead atoms. The number of carbonyl (C=O) groups is 2. The van der Waals surface area contributed by atoms with Crippen LogP contribution in [0, 0.1) is 5.92 Å². The van der Waals surface area contributed by atoms with E-state index in [0.717, 1.165) is 19.3 Å². The van der Waals surface area contributed by atoms with Crippen LogP contribution in [0.2, 0.25) is 5.15 Å². The summed E-state index contributed by atoms with van der Waals surface area (Å²) in [5.74, 6) is 0.0315. The zero-order valence-electron chi connectivity index (χ0n) is 10.8. The van der Waals surface area contributed by atoms with Gasteiger partial charge >= 0.3 is 6.09 Å². The Balaban J connectivity index is 1.80. The van der Waals surface area contributed by atoms with Crippen molar-refractivity contribution in [2.45, 2.75) is 25.3 Å². The minimum Gasteiger partial charge on any atom is -0.465 e. The van der Waals surface area contributed by atoms with E-state index in [-0.39, 0.29) is 23.0 Å². The van der Waals surface area contributed by atoms with Crippen LogP contribution in [0.25, 0.3) is 0 Å². The Labute approximate surface area is 121 Å². The summed E-state index contributed by atoms with van der Waals surface area (Å²) < 4.78 is 0. The number of hydrogen-bond acceptors (Lipinski definition) is 3. The van der Waals surface area contributed by atoms with Crippen LogP contribution < -0.4 is 10.6 Å². The summed E-state index contributed by atoms with van der Waals surface area (Å²) in [4.78, 5) is 26.3. The summed E-state index contributed by atoms with van der Waals surface area (Å²) in [5.41, 5.74) is 0.354. The lowest BCUT2D eigenvalue weighted by molar-refractivity contribution is 0.0946. The molecule has 1 aliphatic rings. The first kappa shape index (κ1) is 14.6. The molecule has 0 saturated heterocycles. The maximum absolute atomic E-state index is 11.9. The number of nitrogens with one attached hydrogen (secondary N) is 2. The number of pyridine rings is 1. The molecule has 7 heteroatoms. The molecular weight excluding hydrogens is 282 g/mol. The van der Waals surface area contributed by atoms with Gasteiger partial charge in [0, 0.05) is 18.8 Å². The van der Waals surface area contributed by atoms with E-state index in [1.165, 1.54) is 6.20 Å². The van der Waals surface area contributed by atoms with Crippen LogP contribution in [0.5, 0.6) is 0 Å². The minimum absolute atomic E-state index is 0.0172. The van der Waals surface area contributed by atoms with Crippen molar-refractivity contribution in [3.8, 4) is 0 Å². The predicted octanol–water partition coefficient (Wildman–Crippen LogP) is 1.90. The smallest absolute Gasteiger partial charge is 0.404 e. The topological polar surface area (TPSA) is 91.3 Å². The highest BCUT2D eigenvalue weighted by molar-refractivity contribution is 6.32. The molecule has 1 heterocycles. The van der Waals surface area contributed by atoms with Crippen LogP contribution in [0.15, 0.2) is 18.3 Å². The van der Waals surface area contributed by atoms with Crippen molar-refractivity contribution in [3.05, 3.63) is 29.0 Å². The number of halogens is 1. The normalized spacial score (nSPS) is 21.4. The molecule has 1 aromatic rings. The van der Waals surface area contributed by atoms with E-state index in [1.54, 1.807) is 12.1 Å². The molecule has 1 saturated carbocycles. The molecule has 2 unspecified atom stereocenters. The van der Waals surface area contributed by atoms with Gasteiger partial charge < -0.3 is 15.7 Å². The Bertz CT molecular complexity index is 509. The van der Waals surface area contributed by atoms with Gasteiger partial charge in [0.25, 0.3) is 5.91 Å². The molecule has 20 heavy (non-hydrogen) atoms. The summed E-state index contributed by atoms with van der Waals surface area (Å²) in [5, 5.41) is 14.1. The largest absolute Gasteiger partial charge is 0.465 e. The standard InChI is InChI=1S/C13H16ClN3O3/c14-11-10(2-1-5-15-11)12(18)16-7-8-3-4-9(6-8)17-13(19)20/h1-2,5,8-9,17H,3-4,6-7H2,(H,16,18)(H,19,20). The molecule has 6 nitrogen and oxygen atoms in total. The van der Waals surface area contributed by atoms with Gasteiger partial charge in [-0.3, -0.25) is 4.79 Å². The molecule has 2 amide bonds. The van der Waals surface area contributed by atoms with Gasteiger partial charge in [0.05, 0.1) is 5.56 Å². The third-order valence-corrected chi connectivity index (χ3v) is 3.73. The molecule has 0 spiro atoms. The molecule has 1 fully saturated rings. The Morgan fingerprint density at radius 2 is 2.25 bits per heavy atom. The third-order valence-electron chi connectivity index (χ3n) is 3.42. The number of rotatable bonds is 4. The van der Waals surface area contributed by atoms with Crippen molar-refractivity contribution in [2.75, 3.05) is 6.54 Å². The molecule has 1 aromatic heterocycles. The Morgan fingerprint density at radius 3 is 2.95 bits per heavy atom. The SMILES string of the molecule is O=C(O)NC1CCC(CNC(=O)c2cccnc2Cl)C1. The first-order chi connectivity index (χ1) is 9.56. The van der Waals surface area contributed by atoms with Crippen LogP contribution in [0.1, 0.15) is 29.6 Å². The van der Waals surface area contributed by atoms with E-state index in [0.29, 0.717) is 12.1 Å². The van der Waals surface area contributed by atoms with Gasteiger partial charge in [-0.05, 0) is 37.3 Å². The highest BCUT2D eigenvalue weighted by atomic mass is 35.5. The molecule has 108 valence electrons. The number of nitrogens with zero attached hydrogens (tertiary/aromatic N) is 1. The molecule has 2 rings (SSSR count). The van der Waals surface area contributed by atoms with Gasteiger partial charge in [0.15, 0.2) is 0 Å². The summed E-state index contributed by atoms with van der Waals surface area (Å²) in [6.45, 7) is 0.516. The van der Waals surface area contributed by atoms with Crippen LogP contribution in [-0.2, 0) is 0 Å². The fourth-order valence-electron chi connectivity index (χ4n) is 2.45. The maximum atomic E-state index is 11.9. The highest BCUT2D eigenvalue weighted by Gasteiger charge is 2.26. The van der Waals surface area contributed by atoms with Crippen LogP contribution >= 0.6 is 11.6 Å². The van der Waals surface area contributed by atoms with Gasteiger partial charge in [0.2, 0.25) is 0 Å². The van der Waals surface area contributed by atoms with Crippen molar-refractivity contribution in [2.24, 2.45) is 5.92 Å². The third kappa shape index (κ3) is 3.84. The molecule has 2 atom stereocenters. The van der Waals surface area contributed by atoms with Gasteiger partial charge in [-0.2, -0.15) is 0 Å². The van der Waals surface area contributed by atoms with E-state index in [4.69, 9.17) is 16.7 Å². The van der Waals surface area contributed by atoms with Crippen molar-refractivity contribution in [1.82, 2.24) is 15.6 Å². The zero-order valence-corrected chi connectivity index (χ0v) is 11.6. The molecule has 0 aliphatic heterocycles. The fraction of sp³-hybridized carbons (Fsp3) is 0.462. The number of hydrogen-bond donors (Lipinski definition) is 3. The lowest BCUT2D eigenvalue weighted by Crippen LogP contribution is -2.33. The lowest BCUT2D eigenvalue weighted by Gasteiger charge is -2.12. The van der Waals surface area contributed by atoms with E-state index >= 15 is 0 Å². The Hall–Kier alpha value is -1.82. The van der Waals surface area contributed by atoms with E-state index in [9.17, 15) is 9.59 Å². The first-order valence-electron chi connectivity index (χ1n) is 6.44. The van der Waals surface area contributed by atoms with Crippen LogP contribution in [0.4, 0.5) is 4.79 Å². The molecule has 1 aliphatic carbocycles.